The number of pyridine rings is 1. The number of rotatable bonds is 3. The minimum Gasteiger partial charge on any atom is -0.480 e. The summed E-state index contributed by atoms with van der Waals surface area (Å²) in [5, 5.41) is 9.40. The van der Waals surface area contributed by atoms with E-state index in [2.05, 4.69) is 4.98 Å². The largest absolute Gasteiger partial charge is 0.480 e. The summed E-state index contributed by atoms with van der Waals surface area (Å²) in [6.45, 7) is 0. The molecule has 0 atom stereocenters. The average Bonchev–Trinajstić information content (AvgIpc) is 2.36. The maximum Gasteiger partial charge on any atom is 0.335 e. The number of carbonyl (C=O) groups excluding carboxylic acids is 1. The molecular formula is C12H10N2O4. The van der Waals surface area contributed by atoms with E-state index in [4.69, 9.17) is 15.6 Å². The average molecular weight is 246 g/mol. The van der Waals surface area contributed by atoms with Crippen molar-refractivity contribution in [1.29, 1.82) is 0 Å². The van der Waals surface area contributed by atoms with Crippen LogP contribution in [-0.2, 0) is 0 Å². The molecule has 2 aromatic rings. The van der Waals surface area contributed by atoms with Crippen LogP contribution in [0.5, 0.6) is 5.88 Å². The van der Waals surface area contributed by atoms with Gasteiger partial charge in [-0.1, -0.05) is 0 Å². The molecular weight excluding hydrogens is 236 g/mol. The van der Waals surface area contributed by atoms with Crippen molar-refractivity contribution in [2.45, 2.75) is 0 Å². The van der Waals surface area contributed by atoms with Crippen LogP contribution in [-0.4, -0.2) is 29.1 Å². The van der Waals surface area contributed by atoms with Gasteiger partial charge in [-0.2, -0.15) is 0 Å². The lowest BCUT2D eigenvalue weighted by Gasteiger charge is -2.07. The van der Waals surface area contributed by atoms with Gasteiger partial charge in [0.2, 0.25) is 5.88 Å². The van der Waals surface area contributed by atoms with Gasteiger partial charge in [-0.05, 0) is 24.3 Å². The molecule has 2 rings (SSSR count). The highest BCUT2D eigenvalue weighted by Gasteiger charge is 2.13. The van der Waals surface area contributed by atoms with E-state index in [1.807, 2.05) is 0 Å². The molecule has 1 aromatic carbocycles. The summed E-state index contributed by atoms with van der Waals surface area (Å²) in [5.41, 5.74) is 5.97. The van der Waals surface area contributed by atoms with Crippen LogP contribution in [0.2, 0.25) is 0 Å². The molecule has 1 heterocycles. The molecule has 0 unspecified atom stereocenters. The third-order valence-corrected chi connectivity index (χ3v) is 2.49. The Hall–Kier alpha value is -2.63. The maximum absolute atomic E-state index is 11.2. The Kier molecular flexibility index (Phi) is 2.85. The normalized spacial score (nSPS) is 10.3. The predicted molar refractivity (Wildman–Crippen MR) is 63.8 cm³/mol. The Balaban J connectivity index is 2.72. The molecule has 0 saturated carbocycles. The highest BCUT2D eigenvalue weighted by atomic mass is 16.5. The molecule has 0 saturated heterocycles. The second-order valence-corrected chi connectivity index (χ2v) is 3.62. The number of benzene rings is 1. The van der Waals surface area contributed by atoms with Crippen LogP contribution in [0.1, 0.15) is 20.7 Å². The summed E-state index contributed by atoms with van der Waals surface area (Å²) in [5.74, 6) is -1.60. The highest BCUT2D eigenvalue weighted by Crippen LogP contribution is 2.22. The second kappa shape index (κ2) is 4.33. The third-order valence-electron chi connectivity index (χ3n) is 2.49. The van der Waals surface area contributed by atoms with Crippen molar-refractivity contribution in [2.75, 3.05) is 7.11 Å². The number of primary amides is 1. The minimum absolute atomic E-state index is 0.116. The van der Waals surface area contributed by atoms with E-state index in [1.54, 1.807) is 6.07 Å². The zero-order chi connectivity index (χ0) is 13.3. The smallest absolute Gasteiger partial charge is 0.335 e. The second-order valence-electron chi connectivity index (χ2n) is 3.62. The van der Waals surface area contributed by atoms with Crippen LogP contribution >= 0.6 is 0 Å². The molecule has 3 N–H and O–H groups in total. The summed E-state index contributed by atoms with van der Waals surface area (Å²) in [6.07, 6.45) is 0. The number of carboxylic acids is 1. The Labute approximate surface area is 102 Å². The van der Waals surface area contributed by atoms with Gasteiger partial charge in [0, 0.05) is 5.39 Å². The molecule has 0 bridgehead atoms. The van der Waals surface area contributed by atoms with Crippen LogP contribution in [0.15, 0.2) is 24.3 Å². The van der Waals surface area contributed by atoms with Gasteiger partial charge in [0.1, 0.15) is 5.56 Å². The van der Waals surface area contributed by atoms with Crippen molar-refractivity contribution in [3.63, 3.8) is 0 Å². The summed E-state index contributed by atoms with van der Waals surface area (Å²) in [7, 11) is 1.38. The fourth-order valence-corrected chi connectivity index (χ4v) is 1.62. The SMILES string of the molecule is COc1nc2ccc(C(=O)O)cc2cc1C(N)=O. The van der Waals surface area contributed by atoms with Gasteiger partial charge in [0.15, 0.2) is 0 Å². The van der Waals surface area contributed by atoms with Crippen molar-refractivity contribution < 1.29 is 19.4 Å². The van der Waals surface area contributed by atoms with Crippen molar-refractivity contribution in [1.82, 2.24) is 4.98 Å². The number of amides is 1. The zero-order valence-electron chi connectivity index (χ0n) is 9.51. The molecule has 1 aromatic heterocycles. The van der Waals surface area contributed by atoms with Gasteiger partial charge in [-0.15, -0.1) is 0 Å². The van der Waals surface area contributed by atoms with E-state index in [0.717, 1.165) is 0 Å². The number of methoxy groups -OCH3 is 1. The third kappa shape index (κ3) is 1.95. The van der Waals surface area contributed by atoms with Gasteiger partial charge in [0.05, 0.1) is 18.2 Å². The van der Waals surface area contributed by atoms with Gasteiger partial charge >= 0.3 is 5.97 Å². The van der Waals surface area contributed by atoms with E-state index in [1.165, 1.54) is 25.3 Å². The number of aromatic nitrogens is 1. The number of ether oxygens (including phenoxy) is 1. The monoisotopic (exact) mass is 246 g/mol. The van der Waals surface area contributed by atoms with E-state index < -0.39 is 11.9 Å². The minimum atomic E-state index is -1.05. The van der Waals surface area contributed by atoms with Gasteiger partial charge < -0.3 is 15.6 Å². The van der Waals surface area contributed by atoms with E-state index in [9.17, 15) is 9.59 Å². The first-order chi connectivity index (χ1) is 8.52. The molecule has 0 aliphatic heterocycles. The number of carbonyl (C=O) groups is 2. The van der Waals surface area contributed by atoms with Crippen LogP contribution in [0, 0.1) is 0 Å². The van der Waals surface area contributed by atoms with E-state index in [-0.39, 0.29) is 17.0 Å². The fraction of sp³-hybridized carbons (Fsp3) is 0.0833. The van der Waals surface area contributed by atoms with Gasteiger partial charge in [-0.3, -0.25) is 4.79 Å². The number of fused-ring (bicyclic) bond motifs is 1. The number of carboxylic acid groups (broad SMARTS) is 1. The Morgan fingerprint density at radius 3 is 2.61 bits per heavy atom. The molecule has 0 fully saturated rings. The number of aromatic carboxylic acids is 1. The van der Waals surface area contributed by atoms with Crippen molar-refractivity contribution in [2.24, 2.45) is 5.73 Å². The van der Waals surface area contributed by atoms with Crippen LogP contribution < -0.4 is 10.5 Å². The molecule has 6 heteroatoms. The maximum atomic E-state index is 11.2. The summed E-state index contributed by atoms with van der Waals surface area (Å²) in [4.78, 5) is 26.2. The molecule has 6 nitrogen and oxygen atoms in total. The first-order valence-electron chi connectivity index (χ1n) is 5.05. The van der Waals surface area contributed by atoms with Crippen molar-refractivity contribution in [3.05, 3.63) is 35.4 Å². The Morgan fingerprint density at radius 2 is 2.06 bits per heavy atom. The topological polar surface area (TPSA) is 103 Å². The standard InChI is InChI=1S/C12H10N2O4/c1-18-11-8(10(13)15)5-7-4-6(12(16)17)2-3-9(7)14-11/h2-5H,1H3,(H2,13,15)(H,16,17). The molecule has 0 radical (unpaired) electrons. The first-order valence-corrected chi connectivity index (χ1v) is 5.05. The molecule has 1 amide bonds. The first kappa shape index (κ1) is 11.8. The summed E-state index contributed by atoms with van der Waals surface area (Å²) in [6, 6.07) is 5.87. The number of hydrogen-bond acceptors (Lipinski definition) is 4. The quantitative estimate of drug-likeness (QED) is 0.842. The Bertz CT molecular complexity index is 652. The Morgan fingerprint density at radius 1 is 1.33 bits per heavy atom. The van der Waals surface area contributed by atoms with Gasteiger partial charge in [0.25, 0.3) is 5.91 Å². The predicted octanol–water partition coefficient (Wildman–Crippen LogP) is 1.04. The molecule has 0 aliphatic rings. The molecule has 18 heavy (non-hydrogen) atoms. The van der Waals surface area contributed by atoms with E-state index in [0.29, 0.717) is 10.9 Å². The summed E-state index contributed by atoms with van der Waals surface area (Å²) < 4.78 is 4.96. The van der Waals surface area contributed by atoms with Crippen LogP contribution in [0.3, 0.4) is 0 Å². The zero-order valence-corrected chi connectivity index (χ0v) is 9.51. The van der Waals surface area contributed by atoms with Crippen molar-refractivity contribution in [3.8, 4) is 5.88 Å². The lowest BCUT2D eigenvalue weighted by molar-refractivity contribution is 0.0697. The lowest BCUT2D eigenvalue weighted by Crippen LogP contribution is -2.13. The number of hydrogen-bond donors (Lipinski definition) is 2. The highest BCUT2D eigenvalue weighted by molar-refractivity contribution is 6.00. The fourth-order valence-electron chi connectivity index (χ4n) is 1.62. The van der Waals surface area contributed by atoms with Crippen molar-refractivity contribution >= 4 is 22.8 Å². The number of nitrogens with two attached hydrogens (primary N) is 1. The molecule has 0 spiro atoms. The molecule has 92 valence electrons. The summed E-state index contributed by atoms with van der Waals surface area (Å²) >= 11 is 0. The number of nitrogens with zero attached hydrogens (tertiary/aromatic N) is 1. The van der Waals surface area contributed by atoms with E-state index >= 15 is 0 Å². The van der Waals surface area contributed by atoms with Gasteiger partial charge in [-0.25, -0.2) is 9.78 Å². The van der Waals surface area contributed by atoms with Crippen LogP contribution in [0.25, 0.3) is 10.9 Å². The molecule has 0 aliphatic carbocycles. The van der Waals surface area contributed by atoms with Crippen LogP contribution in [0.4, 0.5) is 0 Å². The lowest BCUT2D eigenvalue weighted by atomic mass is 10.1.